The molecule has 0 radical (unpaired) electrons. The maximum atomic E-state index is 5.54. The van der Waals surface area contributed by atoms with Gasteiger partial charge in [-0.1, -0.05) is 6.92 Å². The molecule has 2 aromatic heterocycles. The number of nitrogens with one attached hydrogen (secondary N) is 2. The molecule has 6 heteroatoms. The molecule has 0 atom stereocenters. The minimum absolute atomic E-state index is 0.514. The summed E-state index contributed by atoms with van der Waals surface area (Å²) in [5.41, 5.74) is 1.92. The average molecular weight is 275 g/mol. The molecule has 20 heavy (non-hydrogen) atoms. The number of anilines is 2. The molecule has 0 amide bonds. The highest BCUT2D eigenvalue weighted by Crippen LogP contribution is 2.15. The van der Waals surface area contributed by atoms with Gasteiger partial charge in [0.15, 0.2) is 0 Å². The SMILES string of the molecule is CCCNc1ncc(C)c(NCc2nc(C)c(C)o2)n1. The molecule has 0 aromatic carbocycles. The molecule has 0 bridgehead atoms. The van der Waals surface area contributed by atoms with E-state index < -0.39 is 0 Å². The van der Waals surface area contributed by atoms with Crippen molar-refractivity contribution in [1.29, 1.82) is 0 Å². The summed E-state index contributed by atoms with van der Waals surface area (Å²) in [4.78, 5) is 13.0. The highest BCUT2D eigenvalue weighted by Gasteiger charge is 2.07. The smallest absolute Gasteiger partial charge is 0.224 e. The molecule has 0 aliphatic carbocycles. The predicted molar refractivity (Wildman–Crippen MR) is 78.9 cm³/mol. The van der Waals surface area contributed by atoms with Crippen LogP contribution in [0.1, 0.15) is 36.3 Å². The van der Waals surface area contributed by atoms with E-state index in [1.54, 1.807) is 6.20 Å². The molecular formula is C14H21N5O. The highest BCUT2D eigenvalue weighted by molar-refractivity contribution is 5.46. The van der Waals surface area contributed by atoms with E-state index in [1.165, 1.54) is 0 Å². The van der Waals surface area contributed by atoms with E-state index in [9.17, 15) is 0 Å². The van der Waals surface area contributed by atoms with Crippen LogP contribution in [0.15, 0.2) is 10.6 Å². The Morgan fingerprint density at radius 3 is 2.60 bits per heavy atom. The lowest BCUT2D eigenvalue weighted by Gasteiger charge is -2.09. The summed E-state index contributed by atoms with van der Waals surface area (Å²) >= 11 is 0. The summed E-state index contributed by atoms with van der Waals surface area (Å²) in [7, 11) is 0. The van der Waals surface area contributed by atoms with Crippen molar-refractivity contribution in [3.63, 3.8) is 0 Å². The molecule has 2 heterocycles. The molecule has 2 N–H and O–H groups in total. The second-order valence-electron chi connectivity index (χ2n) is 4.75. The van der Waals surface area contributed by atoms with Crippen molar-refractivity contribution in [3.05, 3.63) is 29.1 Å². The van der Waals surface area contributed by atoms with Gasteiger partial charge < -0.3 is 15.1 Å². The molecule has 6 nitrogen and oxygen atoms in total. The summed E-state index contributed by atoms with van der Waals surface area (Å²) in [6.07, 6.45) is 2.84. The number of aryl methyl sites for hydroxylation is 3. The first kappa shape index (κ1) is 14.3. The largest absolute Gasteiger partial charge is 0.444 e. The van der Waals surface area contributed by atoms with Crippen LogP contribution in [-0.2, 0) is 6.54 Å². The lowest BCUT2D eigenvalue weighted by Crippen LogP contribution is -2.09. The zero-order valence-electron chi connectivity index (χ0n) is 12.4. The maximum absolute atomic E-state index is 5.54. The van der Waals surface area contributed by atoms with Crippen molar-refractivity contribution in [2.24, 2.45) is 0 Å². The number of hydrogen-bond acceptors (Lipinski definition) is 6. The van der Waals surface area contributed by atoms with Crippen LogP contribution >= 0.6 is 0 Å². The number of oxazole rings is 1. The van der Waals surface area contributed by atoms with Crippen molar-refractivity contribution >= 4 is 11.8 Å². The van der Waals surface area contributed by atoms with Gasteiger partial charge in [0.2, 0.25) is 11.8 Å². The van der Waals surface area contributed by atoms with Crippen LogP contribution in [0.5, 0.6) is 0 Å². The van der Waals surface area contributed by atoms with Gasteiger partial charge in [0.05, 0.1) is 12.2 Å². The molecule has 0 fully saturated rings. The third-order valence-electron chi connectivity index (χ3n) is 2.98. The Hall–Kier alpha value is -2.11. The van der Waals surface area contributed by atoms with Gasteiger partial charge in [-0.2, -0.15) is 4.98 Å². The van der Waals surface area contributed by atoms with Crippen molar-refractivity contribution in [3.8, 4) is 0 Å². The average Bonchev–Trinajstić information content (AvgIpc) is 2.75. The second-order valence-corrected chi connectivity index (χ2v) is 4.75. The molecule has 108 valence electrons. The molecule has 2 rings (SSSR count). The van der Waals surface area contributed by atoms with Gasteiger partial charge in [0, 0.05) is 18.3 Å². The lowest BCUT2D eigenvalue weighted by molar-refractivity contribution is 0.478. The van der Waals surface area contributed by atoms with E-state index in [1.807, 2.05) is 20.8 Å². The minimum atomic E-state index is 0.514. The van der Waals surface area contributed by atoms with Crippen LogP contribution in [0, 0.1) is 20.8 Å². The molecule has 0 aliphatic rings. The van der Waals surface area contributed by atoms with Crippen LogP contribution in [0.4, 0.5) is 11.8 Å². The number of hydrogen-bond donors (Lipinski definition) is 2. The van der Waals surface area contributed by atoms with Crippen LogP contribution in [-0.4, -0.2) is 21.5 Å². The van der Waals surface area contributed by atoms with Crippen LogP contribution in [0.2, 0.25) is 0 Å². The zero-order chi connectivity index (χ0) is 14.5. The fraction of sp³-hybridized carbons (Fsp3) is 0.500. The maximum Gasteiger partial charge on any atom is 0.224 e. The molecular weight excluding hydrogens is 254 g/mol. The van der Waals surface area contributed by atoms with Crippen LogP contribution < -0.4 is 10.6 Å². The second kappa shape index (κ2) is 6.36. The third-order valence-corrected chi connectivity index (χ3v) is 2.98. The van der Waals surface area contributed by atoms with Crippen LogP contribution in [0.25, 0.3) is 0 Å². The van der Waals surface area contributed by atoms with Crippen LogP contribution in [0.3, 0.4) is 0 Å². The van der Waals surface area contributed by atoms with Gasteiger partial charge in [-0.3, -0.25) is 0 Å². The normalized spacial score (nSPS) is 10.6. The summed E-state index contributed by atoms with van der Waals surface area (Å²) in [5, 5.41) is 6.41. The summed E-state index contributed by atoms with van der Waals surface area (Å²) < 4.78 is 5.54. The molecule has 0 aliphatic heterocycles. The van der Waals surface area contributed by atoms with Gasteiger partial charge in [-0.05, 0) is 27.2 Å². The Bertz CT molecular complexity index is 559. The van der Waals surface area contributed by atoms with E-state index in [2.05, 4.69) is 32.5 Å². The van der Waals surface area contributed by atoms with Gasteiger partial charge in [0.1, 0.15) is 11.6 Å². The van der Waals surface area contributed by atoms with E-state index in [-0.39, 0.29) is 0 Å². The lowest BCUT2D eigenvalue weighted by atomic mass is 10.3. The Labute approximate surface area is 119 Å². The Morgan fingerprint density at radius 2 is 1.95 bits per heavy atom. The monoisotopic (exact) mass is 275 g/mol. The van der Waals surface area contributed by atoms with E-state index in [0.29, 0.717) is 18.4 Å². The first-order valence-electron chi connectivity index (χ1n) is 6.84. The van der Waals surface area contributed by atoms with Gasteiger partial charge in [-0.25, -0.2) is 9.97 Å². The van der Waals surface area contributed by atoms with Crippen molar-refractivity contribution in [1.82, 2.24) is 15.0 Å². The molecule has 0 spiro atoms. The van der Waals surface area contributed by atoms with Gasteiger partial charge in [0.25, 0.3) is 0 Å². The molecule has 0 saturated heterocycles. The quantitative estimate of drug-likeness (QED) is 0.844. The predicted octanol–water partition coefficient (Wildman–Crippen LogP) is 2.82. The number of rotatable bonds is 6. The Balaban J connectivity index is 2.04. The summed E-state index contributed by atoms with van der Waals surface area (Å²) in [6, 6.07) is 0. The van der Waals surface area contributed by atoms with E-state index in [0.717, 1.165) is 35.8 Å². The van der Waals surface area contributed by atoms with E-state index in [4.69, 9.17) is 4.42 Å². The Kier molecular flexibility index (Phi) is 4.55. The zero-order valence-corrected chi connectivity index (χ0v) is 12.4. The first-order chi connectivity index (χ1) is 9.60. The summed E-state index contributed by atoms with van der Waals surface area (Å²) in [6.45, 7) is 9.30. The van der Waals surface area contributed by atoms with Gasteiger partial charge >= 0.3 is 0 Å². The van der Waals surface area contributed by atoms with Crippen molar-refractivity contribution < 1.29 is 4.42 Å². The molecule has 2 aromatic rings. The van der Waals surface area contributed by atoms with Crippen molar-refractivity contribution in [2.45, 2.75) is 40.7 Å². The first-order valence-corrected chi connectivity index (χ1v) is 6.84. The number of aromatic nitrogens is 3. The highest BCUT2D eigenvalue weighted by atomic mass is 16.4. The Morgan fingerprint density at radius 1 is 1.15 bits per heavy atom. The van der Waals surface area contributed by atoms with E-state index >= 15 is 0 Å². The fourth-order valence-electron chi connectivity index (χ4n) is 1.72. The van der Waals surface area contributed by atoms with Gasteiger partial charge in [-0.15, -0.1) is 0 Å². The number of nitrogens with zero attached hydrogens (tertiary/aromatic N) is 3. The molecule has 0 saturated carbocycles. The standard InChI is InChI=1S/C14H21N5O/c1-5-6-15-14-17-7-9(2)13(19-14)16-8-12-18-10(3)11(4)20-12/h7H,5-6,8H2,1-4H3,(H2,15,16,17,19). The topological polar surface area (TPSA) is 75.9 Å². The third kappa shape index (κ3) is 3.46. The fourth-order valence-corrected chi connectivity index (χ4v) is 1.72. The minimum Gasteiger partial charge on any atom is -0.444 e. The molecule has 0 unspecified atom stereocenters. The van der Waals surface area contributed by atoms with Crippen molar-refractivity contribution in [2.75, 3.05) is 17.2 Å². The summed E-state index contributed by atoms with van der Waals surface area (Å²) in [5.74, 6) is 2.96.